The van der Waals surface area contributed by atoms with Gasteiger partial charge in [-0.25, -0.2) is 9.97 Å². The number of carbonyl (C=O) groups excluding carboxylic acids is 1. The lowest BCUT2D eigenvalue weighted by atomic mass is 9.80. The summed E-state index contributed by atoms with van der Waals surface area (Å²) >= 11 is 0. The minimum atomic E-state index is -0.777. The summed E-state index contributed by atoms with van der Waals surface area (Å²) in [5, 5.41) is 12.3. The molecule has 7 nitrogen and oxygen atoms in total. The lowest BCUT2D eigenvalue weighted by Gasteiger charge is -2.32. The zero-order chi connectivity index (χ0) is 26.5. The Kier molecular flexibility index (Phi) is 6.70. The molecule has 2 aromatic heterocycles. The number of hydrogen-bond donors (Lipinski definition) is 2. The molecule has 0 spiro atoms. The summed E-state index contributed by atoms with van der Waals surface area (Å²) in [4.78, 5) is 34.7. The lowest BCUT2D eigenvalue weighted by Crippen LogP contribution is -2.46. The van der Waals surface area contributed by atoms with Crippen molar-refractivity contribution in [3.05, 3.63) is 34.9 Å². The van der Waals surface area contributed by atoms with E-state index in [1.54, 1.807) is 0 Å². The number of carboxylic acids is 1. The normalized spacial score (nSPS) is 23.4. The quantitative estimate of drug-likeness (QED) is 0.496. The van der Waals surface area contributed by atoms with Gasteiger partial charge in [-0.1, -0.05) is 47.0 Å². The molecule has 0 unspecified atom stereocenters. The van der Waals surface area contributed by atoms with Crippen LogP contribution >= 0.6 is 0 Å². The van der Waals surface area contributed by atoms with Crippen LogP contribution in [0.15, 0.2) is 12.1 Å². The third kappa shape index (κ3) is 5.32. The maximum absolute atomic E-state index is 13.4. The first kappa shape index (κ1) is 25.9. The van der Waals surface area contributed by atoms with Crippen molar-refractivity contribution >= 4 is 11.9 Å². The predicted octanol–water partition coefficient (Wildman–Crippen LogP) is 5.78. The Morgan fingerprint density at radius 3 is 2.38 bits per heavy atom. The molecule has 0 saturated heterocycles. The Labute approximate surface area is 220 Å². The highest BCUT2D eigenvalue weighted by atomic mass is 16.4. The number of carboxylic acid groups (broad SMARTS) is 1. The van der Waals surface area contributed by atoms with Gasteiger partial charge in [0.2, 0.25) is 0 Å². The molecule has 1 amide bonds. The van der Waals surface area contributed by atoms with E-state index in [4.69, 9.17) is 9.97 Å². The largest absolute Gasteiger partial charge is 0.481 e. The molecule has 37 heavy (non-hydrogen) atoms. The first-order valence-electron chi connectivity index (χ1n) is 14.1. The third-order valence-corrected chi connectivity index (χ3v) is 8.90. The zero-order valence-corrected chi connectivity index (χ0v) is 23.1. The van der Waals surface area contributed by atoms with Crippen molar-refractivity contribution in [2.45, 2.75) is 116 Å². The summed E-state index contributed by atoms with van der Waals surface area (Å²) in [7, 11) is 0. The molecular weight excluding hydrogens is 464 g/mol. The van der Waals surface area contributed by atoms with Crippen molar-refractivity contribution in [1.82, 2.24) is 19.9 Å². The molecule has 2 aromatic rings. The van der Waals surface area contributed by atoms with Gasteiger partial charge in [0.15, 0.2) is 0 Å². The van der Waals surface area contributed by atoms with Crippen LogP contribution in [-0.2, 0) is 22.2 Å². The van der Waals surface area contributed by atoms with Gasteiger partial charge in [-0.15, -0.1) is 0 Å². The fourth-order valence-electron chi connectivity index (χ4n) is 5.79. The predicted molar refractivity (Wildman–Crippen MR) is 144 cm³/mol. The van der Waals surface area contributed by atoms with E-state index >= 15 is 0 Å². The van der Waals surface area contributed by atoms with Crippen molar-refractivity contribution in [1.29, 1.82) is 0 Å². The minimum absolute atomic E-state index is 0.0386. The van der Waals surface area contributed by atoms with E-state index in [1.165, 1.54) is 32.1 Å². The molecule has 0 radical (unpaired) electrons. The van der Waals surface area contributed by atoms with Crippen LogP contribution in [0.25, 0.3) is 11.4 Å². The highest BCUT2D eigenvalue weighted by Gasteiger charge is 2.43. The molecular formula is C30H42N4O3. The van der Waals surface area contributed by atoms with Crippen molar-refractivity contribution in [3.8, 4) is 11.4 Å². The topological polar surface area (TPSA) is 97.1 Å². The molecule has 0 atom stereocenters. The van der Waals surface area contributed by atoms with E-state index in [0.29, 0.717) is 24.3 Å². The van der Waals surface area contributed by atoms with Crippen molar-refractivity contribution in [2.24, 2.45) is 11.8 Å². The molecule has 2 heterocycles. The number of rotatable bonds is 7. The van der Waals surface area contributed by atoms with Crippen LogP contribution in [0, 0.1) is 18.8 Å². The maximum Gasteiger partial charge on any atom is 0.306 e. The van der Waals surface area contributed by atoms with E-state index in [9.17, 15) is 14.7 Å². The third-order valence-electron chi connectivity index (χ3n) is 8.90. The SMILES string of the molecule is Cc1c(C(=O)NC2CC(C(=O)O)C2)cc(-c2cc(C(C)(C)C)nc(C3(C)CC3)n2)n1CC1CCCCC1. The molecule has 0 aromatic carbocycles. The highest BCUT2D eigenvalue weighted by molar-refractivity contribution is 5.97. The lowest BCUT2D eigenvalue weighted by molar-refractivity contribution is -0.145. The summed E-state index contributed by atoms with van der Waals surface area (Å²) in [6.07, 6.45) is 9.49. The second-order valence-corrected chi connectivity index (χ2v) is 13.1. The number of carbonyl (C=O) groups is 2. The summed E-state index contributed by atoms with van der Waals surface area (Å²) < 4.78 is 2.32. The van der Waals surface area contributed by atoms with Gasteiger partial charge in [0.05, 0.1) is 28.6 Å². The van der Waals surface area contributed by atoms with Gasteiger partial charge in [-0.05, 0) is 63.5 Å². The number of aromatic nitrogens is 3. The molecule has 3 saturated carbocycles. The first-order valence-corrected chi connectivity index (χ1v) is 14.1. The Bertz CT molecular complexity index is 1170. The Morgan fingerprint density at radius 2 is 1.78 bits per heavy atom. The van der Waals surface area contributed by atoms with E-state index in [0.717, 1.165) is 48.0 Å². The summed E-state index contributed by atoms with van der Waals surface area (Å²) in [6.45, 7) is 11.7. The van der Waals surface area contributed by atoms with Crippen molar-refractivity contribution < 1.29 is 14.7 Å². The van der Waals surface area contributed by atoms with Crippen molar-refractivity contribution in [3.63, 3.8) is 0 Å². The number of nitrogens with zero attached hydrogens (tertiary/aromatic N) is 3. The van der Waals surface area contributed by atoms with Crippen LogP contribution < -0.4 is 5.32 Å². The molecule has 0 aliphatic heterocycles. The smallest absolute Gasteiger partial charge is 0.306 e. The Hall–Kier alpha value is -2.70. The van der Waals surface area contributed by atoms with Crippen LogP contribution in [0.5, 0.6) is 0 Å². The molecule has 3 aliphatic carbocycles. The Balaban J connectivity index is 1.52. The molecule has 7 heteroatoms. The van der Waals surface area contributed by atoms with Gasteiger partial charge in [-0.3, -0.25) is 9.59 Å². The number of nitrogens with one attached hydrogen (secondary N) is 1. The summed E-state index contributed by atoms with van der Waals surface area (Å²) in [5.41, 5.74) is 4.47. The molecule has 200 valence electrons. The van der Waals surface area contributed by atoms with Gasteiger partial charge >= 0.3 is 5.97 Å². The first-order chi connectivity index (χ1) is 17.4. The van der Waals surface area contributed by atoms with E-state index in [2.05, 4.69) is 43.6 Å². The van der Waals surface area contributed by atoms with E-state index in [1.807, 2.05) is 13.0 Å². The fourth-order valence-corrected chi connectivity index (χ4v) is 5.79. The van der Waals surface area contributed by atoms with Crippen LogP contribution in [0.2, 0.25) is 0 Å². The van der Waals surface area contributed by atoms with Crippen LogP contribution in [0.3, 0.4) is 0 Å². The van der Waals surface area contributed by atoms with Gasteiger partial charge in [0.1, 0.15) is 5.82 Å². The van der Waals surface area contributed by atoms with Gasteiger partial charge < -0.3 is 15.0 Å². The molecule has 2 N–H and O–H groups in total. The van der Waals surface area contributed by atoms with Crippen LogP contribution in [0.4, 0.5) is 0 Å². The minimum Gasteiger partial charge on any atom is -0.481 e. The second-order valence-electron chi connectivity index (χ2n) is 13.1. The van der Waals surface area contributed by atoms with Gasteiger partial charge in [0.25, 0.3) is 5.91 Å². The number of hydrogen-bond acceptors (Lipinski definition) is 4. The molecule has 3 fully saturated rings. The average molecular weight is 507 g/mol. The summed E-state index contributed by atoms with van der Waals surface area (Å²) in [6, 6.07) is 4.05. The molecule has 0 bridgehead atoms. The van der Waals surface area contributed by atoms with Crippen LogP contribution in [0.1, 0.15) is 113 Å². The monoisotopic (exact) mass is 506 g/mol. The Morgan fingerprint density at radius 1 is 1.11 bits per heavy atom. The number of amides is 1. The fraction of sp³-hybridized carbons (Fsp3) is 0.667. The van der Waals surface area contributed by atoms with Crippen molar-refractivity contribution in [2.75, 3.05) is 0 Å². The van der Waals surface area contributed by atoms with E-state index in [-0.39, 0.29) is 28.7 Å². The standard InChI is InChI=1S/C30H42N4O3/c1-18-22(26(35)31-21-13-20(14-21)27(36)37)15-24(34(18)17-19-9-7-6-8-10-19)23-16-25(29(2,3)4)33-28(32-23)30(5)11-12-30/h15-16,19-21H,6-14,17H2,1-5H3,(H,31,35)(H,36,37). The molecule has 5 rings (SSSR count). The maximum atomic E-state index is 13.4. The average Bonchev–Trinajstić information content (AvgIpc) is 3.50. The van der Waals surface area contributed by atoms with Gasteiger partial charge in [-0.2, -0.15) is 0 Å². The highest BCUT2D eigenvalue weighted by Crippen LogP contribution is 2.47. The molecule has 3 aliphatic rings. The second kappa shape index (κ2) is 9.55. The van der Waals surface area contributed by atoms with Gasteiger partial charge in [0, 0.05) is 29.1 Å². The van der Waals surface area contributed by atoms with Crippen LogP contribution in [-0.4, -0.2) is 37.6 Å². The van der Waals surface area contributed by atoms with E-state index < -0.39 is 5.97 Å². The summed E-state index contributed by atoms with van der Waals surface area (Å²) in [5.74, 6) is 0.271. The number of aliphatic carboxylic acids is 1. The zero-order valence-electron chi connectivity index (χ0n) is 23.1.